The van der Waals surface area contributed by atoms with E-state index < -0.39 is 23.7 Å². The van der Waals surface area contributed by atoms with Gasteiger partial charge < -0.3 is 14.5 Å². The lowest BCUT2D eigenvalue weighted by molar-refractivity contribution is -0.153. The molecule has 1 aromatic heterocycles. The van der Waals surface area contributed by atoms with Crippen molar-refractivity contribution in [1.29, 1.82) is 0 Å². The second-order valence-corrected chi connectivity index (χ2v) is 5.78. The van der Waals surface area contributed by atoms with Crippen LogP contribution in [0.5, 0.6) is 6.01 Å². The average molecular weight is 351 g/mol. The highest BCUT2D eigenvalue weighted by Gasteiger charge is 2.39. The van der Waals surface area contributed by atoms with Crippen molar-refractivity contribution in [2.45, 2.75) is 19.4 Å². The lowest BCUT2D eigenvalue weighted by Gasteiger charge is -2.33. The number of likely N-dealkylation sites (tertiary alicyclic amines) is 1. The second kappa shape index (κ2) is 6.99. The summed E-state index contributed by atoms with van der Waals surface area (Å²) in [5.41, 5.74) is 0. The van der Waals surface area contributed by atoms with Gasteiger partial charge >= 0.3 is 23.9 Å². The van der Waals surface area contributed by atoms with Gasteiger partial charge in [-0.2, -0.15) is 0 Å². The van der Waals surface area contributed by atoms with E-state index in [1.54, 1.807) is 6.92 Å². The first kappa shape index (κ1) is 17.1. The van der Waals surface area contributed by atoms with Crippen molar-refractivity contribution in [2.24, 2.45) is 0 Å². The van der Waals surface area contributed by atoms with Crippen LogP contribution in [0.4, 0.5) is 9.18 Å². The lowest BCUT2D eigenvalue weighted by Crippen LogP contribution is -2.58. The second-order valence-electron chi connectivity index (χ2n) is 5.78. The maximum atomic E-state index is 12.8. The van der Waals surface area contributed by atoms with Gasteiger partial charge in [0.1, 0.15) is 6.10 Å². The highest BCUT2D eigenvalue weighted by molar-refractivity contribution is 6.38. The molecule has 0 saturated carbocycles. The molecule has 0 N–H and O–H groups in total. The molecule has 2 aliphatic rings. The summed E-state index contributed by atoms with van der Waals surface area (Å²) in [4.78, 5) is 47.8. The molecule has 2 fully saturated rings. The van der Waals surface area contributed by atoms with Crippen LogP contribution in [0.15, 0.2) is 12.4 Å². The van der Waals surface area contributed by atoms with Crippen molar-refractivity contribution in [1.82, 2.24) is 24.7 Å². The Morgan fingerprint density at radius 3 is 2.64 bits per heavy atom. The molecular formula is C15H18FN5O4. The average Bonchev–Trinajstić information content (AvgIpc) is 3.07. The van der Waals surface area contributed by atoms with Gasteiger partial charge in [0.25, 0.3) is 0 Å². The minimum Gasteiger partial charge on any atom is -0.458 e. The van der Waals surface area contributed by atoms with E-state index in [9.17, 15) is 18.8 Å². The Morgan fingerprint density at radius 2 is 1.96 bits per heavy atom. The summed E-state index contributed by atoms with van der Waals surface area (Å²) in [6.45, 7) is 3.37. The van der Waals surface area contributed by atoms with Gasteiger partial charge in [0.05, 0.1) is 18.9 Å². The van der Waals surface area contributed by atoms with E-state index in [0.29, 0.717) is 26.1 Å². The third kappa shape index (κ3) is 3.52. The number of nitrogens with zero attached hydrogens (tertiary/aromatic N) is 5. The van der Waals surface area contributed by atoms with Gasteiger partial charge in [-0.1, -0.05) is 0 Å². The van der Waals surface area contributed by atoms with Crippen molar-refractivity contribution in [3.63, 3.8) is 0 Å². The number of likely N-dealkylation sites (N-methyl/N-ethyl adjacent to an activating group) is 1. The number of hydrogen-bond acceptors (Lipinski definition) is 6. The third-order valence-corrected chi connectivity index (χ3v) is 4.21. The molecule has 9 nitrogen and oxygen atoms in total. The molecule has 2 saturated heterocycles. The third-order valence-electron chi connectivity index (χ3n) is 4.21. The normalized spacial score (nSPS) is 21.0. The number of halogens is 1. The standard InChI is InChI=1S/C15H18FN5O4/c1-2-19-5-6-21(13(23)12(19)22)15(24)20-4-3-11(9-20)25-14-17-7-10(16)8-18-14/h7-8,11H,2-6,9H2,1H3/t11-/m0/s1. The van der Waals surface area contributed by atoms with Crippen molar-refractivity contribution in [3.05, 3.63) is 18.2 Å². The first-order valence-electron chi connectivity index (χ1n) is 8.03. The molecule has 134 valence electrons. The van der Waals surface area contributed by atoms with Crippen molar-refractivity contribution in [2.75, 3.05) is 32.7 Å². The fourth-order valence-electron chi connectivity index (χ4n) is 2.84. The SMILES string of the molecule is CCN1CCN(C(=O)N2CC[C@H](Oc3ncc(F)cn3)C2)C(=O)C1=O. The van der Waals surface area contributed by atoms with Gasteiger partial charge in [0.15, 0.2) is 5.82 Å². The summed E-state index contributed by atoms with van der Waals surface area (Å²) in [5, 5.41) is 0. The van der Waals surface area contributed by atoms with Crippen molar-refractivity contribution >= 4 is 17.8 Å². The number of carbonyl (C=O) groups excluding carboxylic acids is 3. The number of ether oxygens (including phenoxy) is 1. The Labute approximate surface area is 143 Å². The molecule has 10 heteroatoms. The molecule has 4 amide bonds. The fourth-order valence-corrected chi connectivity index (χ4v) is 2.84. The van der Waals surface area contributed by atoms with Crippen molar-refractivity contribution in [3.8, 4) is 6.01 Å². The Kier molecular flexibility index (Phi) is 4.77. The number of rotatable bonds is 3. The van der Waals surface area contributed by atoms with Gasteiger partial charge in [-0.3, -0.25) is 14.5 Å². The molecule has 0 unspecified atom stereocenters. The van der Waals surface area contributed by atoms with E-state index in [-0.39, 0.29) is 25.2 Å². The predicted molar refractivity (Wildman–Crippen MR) is 82.0 cm³/mol. The van der Waals surface area contributed by atoms with E-state index in [2.05, 4.69) is 9.97 Å². The van der Waals surface area contributed by atoms with Gasteiger partial charge in [0, 0.05) is 32.6 Å². The van der Waals surface area contributed by atoms with Crippen LogP contribution >= 0.6 is 0 Å². The smallest absolute Gasteiger partial charge is 0.327 e. The Hall–Kier alpha value is -2.78. The highest BCUT2D eigenvalue weighted by Crippen LogP contribution is 2.18. The monoisotopic (exact) mass is 351 g/mol. The molecule has 1 aromatic rings. The molecule has 0 spiro atoms. The molecule has 0 aliphatic carbocycles. The van der Waals surface area contributed by atoms with Gasteiger partial charge in [-0.25, -0.2) is 19.2 Å². The summed E-state index contributed by atoms with van der Waals surface area (Å²) in [7, 11) is 0. The van der Waals surface area contributed by atoms with Gasteiger partial charge in [-0.05, 0) is 6.92 Å². The van der Waals surface area contributed by atoms with E-state index in [1.807, 2.05) is 0 Å². The van der Waals surface area contributed by atoms with E-state index in [0.717, 1.165) is 17.3 Å². The minimum absolute atomic E-state index is 0.0310. The molecule has 1 atom stereocenters. The van der Waals surface area contributed by atoms with Gasteiger partial charge in [0.2, 0.25) is 0 Å². The van der Waals surface area contributed by atoms with E-state index >= 15 is 0 Å². The minimum atomic E-state index is -0.802. The summed E-state index contributed by atoms with van der Waals surface area (Å²) in [6.07, 6.45) is 2.18. The molecular weight excluding hydrogens is 333 g/mol. The molecule has 0 radical (unpaired) electrons. The first-order chi connectivity index (χ1) is 12.0. The molecule has 2 aliphatic heterocycles. The number of urea groups is 1. The number of imide groups is 1. The van der Waals surface area contributed by atoms with E-state index in [4.69, 9.17) is 4.74 Å². The highest BCUT2D eigenvalue weighted by atomic mass is 19.1. The number of piperazine rings is 1. The number of hydrogen-bond donors (Lipinski definition) is 0. The number of carbonyl (C=O) groups is 3. The zero-order valence-corrected chi connectivity index (χ0v) is 13.7. The summed E-state index contributed by atoms with van der Waals surface area (Å²) >= 11 is 0. The van der Waals surface area contributed by atoms with Crippen LogP contribution in [0.2, 0.25) is 0 Å². The largest absolute Gasteiger partial charge is 0.458 e. The first-order valence-corrected chi connectivity index (χ1v) is 8.03. The zero-order valence-electron chi connectivity index (χ0n) is 13.7. The van der Waals surface area contributed by atoms with Crippen LogP contribution in [-0.2, 0) is 9.59 Å². The maximum Gasteiger partial charge on any atom is 0.327 e. The topological polar surface area (TPSA) is 95.9 Å². The molecule has 3 rings (SSSR count). The number of aromatic nitrogens is 2. The van der Waals surface area contributed by atoms with Crippen LogP contribution in [0.1, 0.15) is 13.3 Å². The number of amides is 4. The molecule has 3 heterocycles. The van der Waals surface area contributed by atoms with E-state index in [1.165, 1.54) is 9.80 Å². The van der Waals surface area contributed by atoms with Crippen LogP contribution in [-0.4, -0.2) is 81.3 Å². The van der Waals surface area contributed by atoms with Crippen LogP contribution in [0.3, 0.4) is 0 Å². The Bertz CT molecular complexity index is 683. The molecule has 25 heavy (non-hydrogen) atoms. The van der Waals surface area contributed by atoms with Crippen molar-refractivity contribution < 1.29 is 23.5 Å². The maximum absolute atomic E-state index is 12.8. The lowest BCUT2D eigenvalue weighted by atomic mass is 10.3. The van der Waals surface area contributed by atoms with Crippen LogP contribution in [0, 0.1) is 5.82 Å². The predicted octanol–water partition coefficient (Wildman–Crippen LogP) is -0.120. The quantitative estimate of drug-likeness (QED) is 0.705. The zero-order chi connectivity index (χ0) is 18.0. The van der Waals surface area contributed by atoms with Crippen LogP contribution in [0.25, 0.3) is 0 Å². The Morgan fingerprint density at radius 1 is 1.24 bits per heavy atom. The van der Waals surface area contributed by atoms with Gasteiger partial charge in [-0.15, -0.1) is 0 Å². The summed E-state index contributed by atoms with van der Waals surface area (Å²) in [6, 6.07) is -0.469. The summed E-state index contributed by atoms with van der Waals surface area (Å²) in [5.74, 6) is -2.02. The fraction of sp³-hybridized carbons (Fsp3) is 0.533. The molecule has 0 aromatic carbocycles. The Balaban J connectivity index is 1.58. The van der Waals surface area contributed by atoms with Crippen LogP contribution < -0.4 is 4.74 Å². The summed E-state index contributed by atoms with van der Waals surface area (Å²) < 4.78 is 18.3. The molecule has 0 bridgehead atoms.